The van der Waals surface area contributed by atoms with Gasteiger partial charge in [-0.15, -0.1) is 0 Å². The van der Waals surface area contributed by atoms with E-state index in [9.17, 15) is 9.90 Å². The van der Waals surface area contributed by atoms with E-state index in [1.807, 2.05) is 56.0 Å². The molecule has 1 saturated heterocycles. The highest BCUT2D eigenvalue weighted by Crippen LogP contribution is 2.23. The monoisotopic (exact) mass is 342 g/mol. The van der Waals surface area contributed by atoms with Crippen LogP contribution in [-0.2, 0) is 0 Å². The molecule has 2 aromatic rings. The molecular formula is C20H26N2O3. The molecule has 3 rings (SSSR count). The van der Waals surface area contributed by atoms with E-state index in [0.717, 1.165) is 30.0 Å². The molecule has 1 aliphatic rings. The van der Waals surface area contributed by atoms with Gasteiger partial charge in [-0.25, -0.2) is 0 Å². The van der Waals surface area contributed by atoms with Crippen molar-refractivity contribution in [1.82, 2.24) is 9.80 Å². The summed E-state index contributed by atoms with van der Waals surface area (Å²) in [6.45, 7) is 9.14. The van der Waals surface area contributed by atoms with E-state index in [0.29, 0.717) is 31.0 Å². The SMILES string of the molecule is Cc1oc(C)c(C(=O)N2CCN(C[C@H](O)c3ccccc3)CC2)c1C. The minimum absolute atomic E-state index is 0.0510. The number of hydrogen-bond acceptors (Lipinski definition) is 4. The number of hydrogen-bond donors (Lipinski definition) is 1. The number of carbonyl (C=O) groups is 1. The average Bonchev–Trinajstić information content (AvgIpc) is 2.88. The van der Waals surface area contributed by atoms with E-state index in [2.05, 4.69) is 4.90 Å². The van der Waals surface area contributed by atoms with Gasteiger partial charge in [0.05, 0.1) is 11.7 Å². The Morgan fingerprint density at radius 1 is 1.08 bits per heavy atom. The first kappa shape index (κ1) is 17.7. The van der Waals surface area contributed by atoms with Gasteiger partial charge in [0.2, 0.25) is 0 Å². The molecule has 1 N–H and O–H groups in total. The molecule has 5 nitrogen and oxygen atoms in total. The molecule has 1 amide bonds. The summed E-state index contributed by atoms with van der Waals surface area (Å²) in [7, 11) is 0. The number of β-amino-alcohol motifs (C(OH)–C–C–N with tert-alkyl or cyclic N) is 1. The second-order valence-electron chi connectivity index (χ2n) is 6.73. The summed E-state index contributed by atoms with van der Waals surface area (Å²) in [4.78, 5) is 16.9. The van der Waals surface area contributed by atoms with Gasteiger partial charge in [0.25, 0.3) is 5.91 Å². The van der Waals surface area contributed by atoms with E-state index < -0.39 is 6.10 Å². The molecule has 0 spiro atoms. The smallest absolute Gasteiger partial charge is 0.257 e. The summed E-state index contributed by atoms with van der Waals surface area (Å²) in [5, 5.41) is 10.4. The predicted molar refractivity (Wildman–Crippen MR) is 96.7 cm³/mol. The van der Waals surface area contributed by atoms with Crippen LogP contribution in [0.4, 0.5) is 0 Å². The number of rotatable bonds is 4. The second kappa shape index (κ2) is 7.42. The lowest BCUT2D eigenvalue weighted by molar-refractivity contribution is 0.0526. The Labute approximate surface area is 148 Å². The van der Waals surface area contributed by atoms with Crippen LogP contribution in [0.3, 0.4) is 0 Å². The van der Waals surface area contributed by atoms with Gasteiger partial charge in [-0.2, -0.15) is 0 Å². The molecule has 0 unspecified atom stereocenters. The number of amides is 1. The lowest BCUT2D eigenvalue weighted by atomic mass is 10.1. The van der Waals surface area contributed by atoms with Crippen LogP contribution in [0, 0.1) is 20.8 Å². The normalized spacial score (nSPS) is 16.9. The zero-order chi connectivity index (χ0) is 18.0. The third-order valence-electron chi connectivity index (χ3n) is 5.05. The fourth-order valence-corrected chi connectivity index (χ4v) is 3.43. The molecule has 0 aliphatic carbocycles. The van der Waals surface area contributed by atoms with Crippen LogP contribution in [-0.4, -0.2) is 53.5 Å². The Bertz CT molecular complexity index is 731. The van der Waals surface area contributed by atoms with Crippen LogP contribution in [0.25, 0.3) is 0 Å². The van der Waals surface area contributed by atoms with Gasteiger partial charge in [0.15, 0.2) is 0 Å². The molecule has 2 heterocycles. The molecule has 25 heavy (non-hydrogen) atoms. The highest BCUT2D eigenvalue weighted by atomic mass is 16.3. The van der Waals surface area contributed by atoms with Crippen LogP contribution in [0.15, 0.2) is 34.7 Å². The molecule has 1 aromatic heterocycles. The van der Waals surface area contributed by atoms with Crippen molar-refractivity contribution >= 4 is 5.91 Å². The van der Waals surface area contributed by atoms with Crippen molar-refractivity contribution in [2.75, 3.05) is 32.7 Å². The first-order chi connectivity index (χ1) is 12.0. The maximum absolute atomic E-state index is 12.8. The molecule has 5 heteroatoms. The Morgan fingerprint density at radius 2 is 1.72 bits per heavy atom. The van der Waals surface area contributed by atoms with Gasteiger partial charge in [-0.05, 0) is 26.3 Å². The van der Waals surface area contributed by atoms with Crippen LogP contribution in [0.5, 0.6) is 0 Å². The van der Waals surface area contributed by atoms with Crippen LogP contribution in [0.1, 0.15) is 39.1 Å². The summed E-state index contributed by atoms with van der Waals surface area (Å²) in [5.41, 5.74) is 2.57. The van der Waals surface area contributed by atoms with Gasteiger partial charge in [-0.3, -0.25) is 9.69 Å². The lowest BCUT2D eigenvalue weighted by Crippen LogP contribution is -2.49. The lowest BCUT2D eigenvalue weighted by Gasteiger charge is -2.35. The molecule has 134 valence electrons. The first-order valence-corrected chi connectivity index (χ1v) is 8.78. The molecule has 1 aromatic carbocycles. The molecule has 1 fully saturated rings. The minimum atomic E-state index is -0.496. The largest absolute Gasteiger partial charge is 0.466 e. The van der Waals surface area contributed by atoms with E-state index in [-0.39, 0.29) is 5.91 Å². The van der Waals surface area contributed by atoms with Gasteiger partial charge in [-0.1, -0.05) is 30.3 Å². The number of carbonyl (C=O) groups excluding carboxylic acids is 1. The summed E-state index contributed by atoms with van der Waals surface area (Å²) < 4.78 is 5.59. The molecule has 0 saturated carbocycles. The van der Waals surface area contributed by atoms with Gasteiger partial charge in [0.1, 0.15) is 11.5 Å². The number of piperazine rings is 1. The fourth-order valence-electron chi connectivity index (χ4n) is 3.43. The second-order valence-corrected chi connectivity index (χ2v) is 6.73. The first-order valence-electron chi connectivity index (χ1n) is 8.78. The van der Waals surface area contributed by atoms with Crippen molar-refractivity contribution in [2.45, 2.75) is 26.9 Å². The standard InChI is InChI=1S/C20H26N2O3/c1-14-15(2)25-16(3)19(14)20(24)22-11-9-21(10-12-22)13-18(23)17-7-5-4-6-8-17/h4-8,18,23H,9-13H2,1-3H3/t18-/m0/s1. The highest BCUT2D eigenvalue weighted by Gasteiger charge is 2.27. The number of benzene rings is 1. The van der Waals surface area contributed by atoms with Gasteiger partial charge >= 0.3 is 0 Å². The van der Waals surface area contributed by atoms with Gasteiger partial charge < -0.3 is 14.4 Å². The summed E-state index contributed by atoms with van der Waals surface area (Å²) >= 11 is 0. The maximum atomic E-state index is 12.8. The zero-order valence-electron chi connectivity index (χ0n) is 15.2. The average molecular weight is 342 g/mol. The van der Waals surface area contributed by atoms with Gasteiger partial charge in [0, 0.05) is 38.3 Å². The van der Waals surface area contributed by atoms with E-state index in [1.54, 1.807) is 0 Å². The molecule has 1 atom stereocenters. The predicted octanol–water partition coefficient (Wildman–Crippen LogP) is 2.70. The molecular weight excluding hydrogens is 316 g/mol. The zero-order valence-corrected chi connectivity index (χ0v) is 15.2. The van der Waals surface area contributed by atoms with Crippen molar-refractivity contribution in [3.63, 3.8) is 0 Å². The van der Waals surface area contributed by atoms with E-state index in [1.165, 1.54) is 0 Å². The third kappa shape index (κ3) is 3.78. The number of aliphatic hydroxyl groups is 1. The number of nitrogens with zero attached hydrogens (tertiary/aromatic N) is 2. The van der Waals surface area contributed by atoms with Crippen molar-refractivity contribution < 1.29 is 14.3 Å². The number of aliphatic hydroxyl groups excluding tert-OH is 1. The maximum Gasteiger partial charge on any atom is 0.257 e. The Morgan fingerprint density at radius 3 is 2.28 bits per heavy atom. The van der Waals surface area contributed by atoms with E-state index in [4.69, 9.17) is 4.42 Å². The summed E-state index contributed by atoms with van der Waals surface area (Å²) in [6, 6.07) is 9.70. The number of aryl methyl sites for hydroxylation is 2. The van der Waals surface area contributed by atoms with E-state index >= 15 is 0 Å². The van der Waals surface area contributed by atoms with Crippen LogP contribution in [0.2, 0.25) is 0 Å². The number of furan rings is 1. The Hall–Kier alpha value is -2.11. The third-order valence-corrected chi connectivity index (χ3v) is 5.05. The van der Waals surface area contributed by atoms with Crippen molar-refractivity contribution in [3.8, 4) is 0 Å². The Kier molecular flexibility index (Phi) is 5.25. The van der Waals surface area contributed by atoms with Crippen molar-refractivity contribution in [3.05, 3.63) is 58.5 Å². The molecule has 1 aliphatic heterocycles. The summed E-state index contributed by atoms with van der Waals surface area (Å²) in [5.74, 6) is 1.56. The topological polar surface area (TPSA) is 56.9 Å². The quantitative estimate of drug-likeness (QED) is 0.928. The molecule has 0 bridgehead atoms. The van der Waals surface area contributed by atoms with Crippen molar-refractivity contribution in [1.29, 1.82) is 0 Å². The highest BCUT2D eigenvalue weighted by molar-refractivity contribution is 5.97. The van der Waals surface area contributed by atoms with Crippen LogP contribution < -0.4 is 0 Å². The molecule has 0 radical (unpaired) electrons. The van der Waals surface area contributed by atoms with Crippen molar-refractivity contribution in [2.24, 2.45) is 0 Å². The Balaban J connectivity index is 1.57. The van der Waals surface area contributed by atoms with Crippen LogP contribution >= 0.6 is 0 Å². The minimum Gasteiger partial charge on any atom is -0.466 e. The summed E-state index contributed by atoms with van der Waals surface area (Å²) in [6.07, 6.45) is -0.496. The fraction of sp³-hybridized carbons (Fsp3) is 0.450.